The van der Waals surface area contributed by atoms with E-state index in [0.717, 1.165) is 29.6 Å². The van der Waals surface area contributed by atoms with Crippen molar-refractivity contribution in [3.63, 3.8) is 0 Å². The lowest BCUT2D eigenvalue weighted by Crippen LogP contribution is -2.26. The van der Waals surface area contributed by atoms with Gasteiger partial charge in [-0.05, 0) is 24.6 Å². The van der Waals surface area contributed by atoms with E-state index in [4.69, 9.17) is 4.74 Å². The SMILES string of the molecule is COc1ccc2c(cnn2CCC(=O)NCCCn2ccnc2)c1. The average molecular weight is 327 g/mol. The van der Waals surface area contributed by atoms with Gasteiger partial charge in [-0.1, -0.05) is 0 Å². The minimum Gasteiger partial charge on any atom is -0.497 e. The number of nitrogens with one attached hydrogen (secondary N) is 1. The standard InChI is InChI=1S/C17H21N5O2/c1-24-15-3-4-16-14(11-15)12-20-22(16)9-5-17(23)19-6-2-8-21-10-7-18-13-21/h3-4,7,10-13H,2,5-6,8-9H2,1H3,(H,19,23). The Labute approximate surface area is 140 Å². The first-order valence-corrected chi connectivity index (χ1v) is 7.98. The number of ether oxygens (including phenoxy) is 1. The summed E-state index contributed by atoms with van der Waals surface area (Å²) in [6.45, 7) is 2.07. The van der Waals surface area contributed by atoms with E-state index >= 15 is 0 Å². The minimum atomic E-state index is 0.0396. The summed E-state index contributed by atoms with van der Waals surface area (Å²) < 4.78 is 9.05. The van der Waals surface area contributed by atoms with E-state index in [2.05, 4.69) is 15.4 Å². The molecule has 24 heavy (non-hydrogen) atoms. The number of amides is 1. The zero-order valence-electron chi connectivity index (χ0n) is 13.7. The molecule has 0 fully saturated rings. The molecule has 0 saturated heterocycles. The van der Waals surface area contributed by atoms with E-state index < -0.39 is 0 Å². The zero-order chi connectivity index (χ0) is 16.8. The maximum absolute atomic E-state index is 11.9. The highest BCUT2D eigenvalue weighted by Crippen LogP contribution is 2.20. The Hall–Kier alpha value is -2.83. The van der Waals surface area contributed by atoms with Crippen LogP contribution in [0.3, 0.4) is 0 Å². The number of imidazole rings is 1. The summed E-state index contributed by atoms with van der Waals surface area (Å²) in [5, 5.41) is 8.29. The van der Waals surface area contributed by atoms with Gasteiger partial charge in [0.05, 0.1) is 31.7 Å². The van der Waals surface area contributed by atoms with Crippen LogP contribution in [-0.4, -0.2) is 38.9 Å². The van der Waals surface area contributed by atoms with Gasteiger partial charge in [0.2, 0.25) is 5.91 Å². The molecule has 0 unspecified atom stereocenters. The Morgan fingerprint density at radius 3 is 3.04 bits per heavy atom. The van der Waals surface area contributed by atoms with Crippen molar-refractivity contribution in [2.75, 3.05) is 13.7 Å². The molecule has 0 radical (unpaired) electrons. The summed E-state index contributed by atoms with van der Waals surface area (Å²) >= 11 is 0. The molecule has 7 heteroatoms. The van der Waals surface area contributed by atoms with Gasteiger partial charge < -0.3 is 14.6 Å². The van der Waals surface area contributed by atoms with Crippen molar-refractivity contribution in [2.45, 2.75) is 25.9 Å². The van der Waals surface area contributed by atoms with E-state index in [-0.39, 0.29) is 5.91 Å². The minimum absolute atomic E-state index is 0.0396. The van der Waals surface area contributed by atoms with Gasteiger partial charge >= 0.3 is 0 Å². The number of fused-ring (bicyclic) bond motifs is 1. The maximum Gasteiger partial charge on any atom is 0.221 e. The Morgan fingerprint density at radius 1 is 1.33 bits per heavy atom. The number of carbonyl (C=O) groups excluding carboxylic acids is 1. The third kappa shape index (κ3) is 3.92. The lowest BCUT2D eigenvalue weighted by atomic mass is 10.2. The third-order valence-electron chi connectivity index (χ3n) is 3.87. The van der Waals surface area contributed by atoms with Crippen LogP contribution in [0.5, 0.6) is 5.75 Å². The molecular weight excluding hydrogens is 306 g/mol. The topological polar surface area (TPSA) is 74.0 Å². The summed E-state index contributed by atoms with van der Waals surface area (Å²) in [7, 11) is 1.64. The van der Waals surface area contributed by atoms with E-state index in [1.54, 1.807) is 25.8 Å². The van der Waals surface area contributed by atoms with Crippen LogP contribution >= 0.6 is 0 Å². The first-order chi connectivity index (χ1) is 11.8. The van der Waals surface area contributed by atoms with Crippen LogP contribution in [0.1, 0.15) is 12.8 Å². The van der Waals surface area contributed by atoms with Crippen LogP contribution in [-0.2, 0) is 17.9 Å². The Kier molecular flexibility index (Phi) is 5.10. The summed E-state index contributed by atoms with van der Waals surface area (Å²) in [6, 6.07) is 5.80. The van der Waals surface area contributed by atoms with Crippen LogP contribution in [0, 0.1) is 0 Å². The molecule has 0 aliphatic carbocycles. The average Bonchev–Trinajstić information content (AvgIpc) is 3.26. The summed E-state index contributed by atoms with van der Waals surface area (Å²) in [6.07, 6.45) is 8.53. The van der Waals surface area contributed by atoms with Gasteiger partial charge in [-0.3, -0.25) is 9.48 Å². The molecule has 1 amide bonds. The largest absolute Gasteiger partial charge is 0.497 e. The predicted octanol–water partition coefficient (Wildman–Crippen LogP) is 1.84. The van der Waals surface area contributed by atoms with Gasteiger partial charge in [0.25, 0.3) is 0 Å². The molecular formula is C17H21N5O2. The number of methoxy groups -OCH3 is 1. The Bertz CT molecular complexity index is 795. The van der Waals surface area contributed by atoms with Gasteiger partial charge in [0.1, 0.15) is 5.75 Å². The number of nitrogens with zero attached hydrogens (tertiary/aromatic N) is 4. The fourth-order valence-electron chi connectivity index (χ4n) is 2.57. The van der Waals surface area contributed by atoms with Crippen molar-refractivity contribution < 1.29 is 9.53 Å². The maximum atomic E-state index is 11.9. The number of hydrogen-bond acceptors (Lipinski definition) is 4. The van der Waals surface area contributed by atoms with Crippen LogP contribution in [0.2, 0.25) is 0 Å². The highest BCUT2D eigenvalue weighted by Gasteiger charge is 2.06. The Morgan fingerprint density at radius 2 is 2.25 bits per heavy atom. The van der Waals surface area contributed by atoms with Crippen molar-refractivity contribution in [1.29, 1.82) is 0 Å². The molecule has 0 atom stereocenters. The molecule has 0 saturated carbocycles. The molecule has 2 aromatic heterocycles. The lowest BCUT2D eigenvalue weighted by Gasteiger charge is -2.07. The molecule has 0 aliphatic heterocycles. The van der Waals surface area contributed by atoms with Gasteiger partial charge in [0, 0.05) is 37.3 Å². The second-order valence-corrected chi connectivity index (χ2v) is 5.55. The highest BCUT2D eigenvalue weighted by molar-refractivity contribution is 5.80. The second kappa shape index (κ2) is 7.63. The Balaban J connectivity index is 1.44. The molecule has 2 heterocycles. The van der Waals surface area contributed by atoms with E-state index in [1.807, 2.05) is 33.6 Å². The van der Waals surface area contributed by atoms with Gasteiger partial charge in [-0.2, -0.15) is 5.10 Å². The van der Waals surface area contributed by atoms with E-state index in [1.165, 1.54) is 0 Å². The monoisotopic (exact) mass is 327 g/mol. The quantitative estimate of drug-likeness (QED) is 0.641. The first-order valence-electron chi connectivity index (χ1n) is 7.98. The van der Waals surface area contributed by atoms with Gasteiger partial charge in [0.15, 0.2) is 0 Å². The molecule has 0 spiro atoms. The number of aryl methyl sites for hydroxylation is 2. The highest BCUT2D eigenvalue weighted by atomic mass is 16.5. The number of benzene rings is 1. The van der Waals surface area contributed by atoms with Crippen molar-refractivity contribution in [3.05, 3.63) is 43.1 Å². The normalized spacial score (nSPS) is 10.9. The fourth-order valence-corrected chi connectivity index (χ4v) is 2.57. The third-order valence-corrected chi connectivity index (χ3v) is 3.87. The lowest BCUT2D eigenvalue weighted by molar-refractivity contribution is -0.121. The van der Waals surface area contributed by atoms with Crippen LogP contribution in [0.4, 0.5) is 0 Å². The molecule has 1 N–H and O–H groups in total. The molecule has 1 aromatic carbocycles. The first kappa shape index (κ1) is 16.0. The summed E-state index contributed by atoms with van der Waals surface area (Å²) in [5.41, 5.74) is 1.00. The second-order valence-electron chi connectivity index (χ2n) is 5.55. The number of aromatic nitrogens is 4. The molecule has 7 nitrogen and oxygen atoms in total. The number of hydrogen-bond donors (Lipinski definition) is 1. The molecule has 0 bridgehead atoms. The van der Waals surface area contributed by atoms with Crippen LogP contribution in [0.25, 0.3) is 10.9 Å². The molecule has 0 aliphatic rings. The number of rotatable bonds is 8. The van der Waals surface area contributed by atoms with Gasteiger partial charge in [-0.25, -0.2) is 4.98 Å². The van der Waals surface area contributed by atoms with Crippen molar-refractivity contribution in [3.8, 4) is 5.75 Å². The summed E-state index contributed by atoms with van der Waals surface area (Å²) in [4.78, 5) is 15.9. The van der Waals surface area contributed by atoms with E-state index in [9.17, 15) is 4.79 Å². The van der Waals surface area contributed by atoms with Crippen molar-refractivity contribution in [2.24, 2.45) is 0 Å². The van der Waals surface area contributed by atoms with Crippen molar-refractivity contribution in [1.82, 2.24) is 24.6 Å². The smallest absolute Gasteiger partial charge is 0.221 e. The van der Waals surface area contributed by atoms with E-state index in [0.29, 0.717) is 19.5 Å². The van der Waals surface area contributed by atoms with Crippen LogP contribution < -0.4 is 10.1 Å². The molecule has 3 rings (SSSR count). The zero-order valence-corrected chi connectivity index (χ0v) is 13.7. The molecule has 126 valence electrons. The fraction of sp³-hybridized carbons (Fsp3) is 0.353. The summed E-state index contributed by atoms with van der Waals surface area (Å²) in [5.74, 6) is 0.843. The predicted molar refractivity (Wildman–Crippen MR) is 90.8 cm³/mol. The van der Waals surface area contributed by atoms with Crippen LogP contribution in [0.15, 0.2) is 43.1 Å². The van der Waals surface area contributed by atoms with Gasteiger partial charge in [-0.15, -0.1) is 0 Å². The van der Waals surface area contributed by atoms with Crippen molar-refractivity contribution >= 4 is 16.8 Å². The number of carbonyl (C=O) groups is 1. The molecule has 3 aromatic rings.